The van der Waals surface area contributed by atoms with Crippen molar-refractivity contribution in [1.29, 1.82) is 0 Å². The molecule has 0 saturated carbocycles. The molecule has 1 aromatic carbocycles. The summed E-state index contributed by atoms with van der Waals surface area (Å²) in [5, 5.41) is 11.2. The molecule has 0 bridgehead atoms. The van der Waals surface area contributed by atoms with Gasteiger partial charge in [0.2, 0.25) is 12.4 Å². The second kappa shape index (κ2) is 2.75. The van der Waals surface area contributed by atoms with E-state index < -0.39 is 0 Å². The van der Waals surface area contributed by atoms with Crippen molar-refractivity contribution in [3.8, 4) is 0 Å². The van der Waals surface area contributed by atoms with E-state index in [0.29, 0.717) is 0 Å². The van der Waals surface area contributed by atoms with Crippen LogP contribution in [0, 0.1) is 0 Å². The first-order valence-corrected chi connectivity index (χ1v) is 4.35. The molecule has 2 nitrogen and oxygen atoms in total. The van der Waals surface area contributed by atoms with Crippen LogP contribution >= 0.6 is 15.9 Å². The fraction of sp³-hybridized carbons (Fsp3) is 0. The highest BCUT2D eigenvalue weighted by Crippen LogP contribution is 2.17. The summed E-state index contributed by atoms with van der Waals surface area (Å²) in [5.41, 5.74) is 0. The number of fused-ring (bicyclic) bond motifs is 1. The largest absolute Gasteiger partial charge is 0.285 e. The molecule has 0 aliphatic carbocycles. The minimum Gasteiger partial charge on any atom is -0.285 e. The predicted molar refractivity (Wildman–Crippen MR) is 49.0 cm³/mol. The quantitative estimate of drug-likeness (QED) is 0.539. The third-order valence-corrected chi connectivity index (χ3v) is 2.22. The van der Waals surface area contributed by atoms with Crippen LogP contribution in [0.1, 0.15) is 0 Å². The Bertz CT molecular complexity index is 387. The molecular weight excluding hydrogens is 218 g/mol. The van der Waals surface area contributed by atoms with Crippen LogP contribution in [0.25, 0.3) is 10.8 Å². The molecule has 1 heterocycles. The molecule has 0 aliphatic heterocycles. The molecule has 1 N–H and O–H groups in total. The maximum Gasteiger partial charge on any atom is 0.230 e. The molecule has 0 saturated heterocycles. The monoisotopic (exact) mass is 224 g/mol. The third kappa shape index (κ3) is 1.28. The fourth-order valence-electron chi connectivity index (χ4n) is 1.15. The van der Waals surface area contributed by atoms with Crippen LogP contribution in [0.3, 0.4) is 0 Å². The highest BCUT2D eigenvalue weighted by atomic mass is 79.9. The lowest BCUT2D eigenvalue weighted by Crippen LogP contribution is -2.27. The van der Waals surface area contributed by atoms with Gasteiger partial charge in [0, 0.05) is 15.3 Å². The number of rotatable bonds is 0. The smallest absolute Gasteiger partial charge is 0.230 e. The van der Waals surface area contributed by atoms with Crippen molar-refractivity contribution >= 4 is 26.7 Å². The summed E-state index contributed by atoms with van der Waals surface area (Å²) >= 11 is 3.38. The number of aromatic nitrogens is 1. The average Bonchev–Trinajstić information content (AvgIpc) is 2.05. The Labute approximate surface area is 78.2 Å². The molecule has 12 heavy (non-hydrogen) atoms. The Hall–Kier alpha value is -1.09. The van der Waals surface area contributed by atoms with E-state index in [1.165, 1.54) is 0 Å². The fourth-order valence-corrected chi connectivity index (χ4v) is 1.53. The topological polar surface area (TPSA) is 24.1 Å². The van der Waals surface area contributed by atoms with Gasteiger partial charge in [-0.05, 0) is 23.6 Å². The standard InChI is InChI=1S/C9H7BrNO/c10-9-2-1-8-6-11(12)4-3-7(8)5-9/h1-6,12H/q+1. The van der Waals surface area contributed by atoms with Crippen molar-refractivity contribution in [2.75, 3.05) is 0 Å². The van der Waals surface area contributed by atoms with E-state index in [1.807, 2.05) is 24.3 Å². The van der Waals surface area contributed by atoms with Crippen molar-refractivity contribution < 1.29 is 9.94 Å². The Balaban J connectivity index is 2.79. The highest BCUT2D eigenvalue weighted by molar-refractivity contribution is 9.10. The maximum absolute atomic E-state index is 9.10. The van der Waals surface area contributed by atoms with Gasteiger partial charge in [-0.15, -0.1) is 0 Å². The molecule has 0 atom stereocenters. The van der Waals surface area contributed by atoms with Crippen LogP contribution in [-0.2, 0) is 0 Å². The Morgan fingerprint density at radius 1 is 1.17 bits per heavy atom. The summed E-state index contributed by atoms with van der Waals surface area (Å²) in [6.07, 6.45) is 3.27. The lowest BCUT2D eigenvalue weighted by Gasteiger charge is -1.93. The lowest BCUT2D eigenvalue weighted by molar-refractivity contribution is -0.903. The molecule has 0 unspecified atom stereocenters. The molecular formula is C9H7BrNO+. The van der Waals surface area contributed by atoms with E-state index in [0.717, 1.165) is 20.0 Å². The minimum atomic E-state index is 1.02. The summed E-state index contributed by atoms with van der Waals surface area (Å²) in [4.78, 5) is 0. The Kier molecular flexibility index (Phi) is 1.73. The second-order valence-corrected chi connectivity index (χ2v) is 3.51. The molecule has 1 aromatic heterocycles. The number of pyridine rings is 1. The molecule has 2 rings (SSSR count). The van der Waals surface area contributed by atoms with Crippen LogP contribution < -0.4 is 4.73 Å². The average molecular weight is 225 g/mol. The van der Waals surface area contributed by atoms with E-state index in [1.54, 1.807) is 12.4 Å². The first kappa shape index (κ1) is 7.55. The lowest BCUT2D eigenvalue weighted by atomic mass is 10.2. The summed E-state index contributed by atoms with van der Waals surface area (Å²) in [7, 11) is 0. The zero-order valence-electron chi connectivity index (χ0n) is 6.24. The third-order valence-electron chi connectivity index (χ3n) is 1.73. The van der Waals surface area contributed by atoms with Crippen LogP contribution in [0.4, 0.5) is 0 Å². The number of halogens is 1. The SMILES string of the molecule is O[n+]1ccc2cc(Br)ccc2c1. The first-order chi connectivity index (χ1) is 5.75. The summed E-state index contributed by atoms with van der Waals surface area (Å²) in [6.45, 7) is 0. The van der Waals surface area contributed by atoms with Gasteiger partial charge in [0.1, 0.15) is 0 Å². The number of hydrogen-bond acceptors (Lipinski definition) is 1. The van der Waals surface area contributed by atoms with E-state index >= 15 is 0 Å². The van der Waals surface area contributed by atoms with Crippen molar-refractivity contribution in [3.05, 3.63) is 41.1 Å². The van der Waals surface area contributed by atoms with Gasteiger partial charge in [0.15, 0.2) is 0 Å². The molecule has 0 amide bonds. The normalized spacial score (nSPS) is 10.4. The summed E-state index contributed by atoms with van der Waals surface area (Å²) in [5.74, 6) is 0. The summed E-state index contributed by atoms with van der Waals surface area (Å²) < 4.78 is 2.10. The van der Waals surface area contributed by atoms with Gasteiger partial charge in [-0.3, -0.25) is 5.21 Å². The van der Waals surface area contributed by atoms with Crippen molar-refractivity contribution in [2.45, 2.75) is 0 Å². The highest BCUT2D eigenvalue weighted by Gasteiger charge is 2.00. The molecule has 2 aromatic rings. The van der Waals surface area contributed by atoms with Crippen molar-refractivity contribution in [3.63, 3.8) is 0 Å². The van der Waals surface area contributed by atoms with Crippen LogP contribution in [-0.4, -0.2) is 5.21 Å². The maximum atomic E-state index is 9.10. The van der Waals surface area contributed by atoms with E-state index in [4.69, 9.17) is 5.21 Å². The molecule has 0 aliphatic rings. The zero-order chi connectivity index (χ0) is 8.55. The number of benzene rings is 1. The number of hydrogen-bond donors (Lipinski definition) is 1. The van der Waals surface area contributed by atoms with Crippen LogP contribution in [0.5, 0.6) is 0 Å². The van der Waals surface area contributed by atoms with Gasteiger partial charge in [-0.1, -0.05) is 15.9 Å². The van der Waals surface area contributed by atoms with Crippen LogP contribution in [0.2, 0.25) is 0 Å². The Morgan fingerprint density at radius 2 is 2.00 bits per heavy atom. The van der Waals surface area contributed by atoms with Gasteiger partial charge in [-0.2, -0.15) is 0 Å². The van der Waals surface area contributed by atoms with E-state index in [9.17, 15) is 0 Å². The zero-order valence-corrected chi connectivity index (χ0v) is 7.82. The van der Waals surface area contributed by atoms with Gasteiger partial charge in [0.25, 0.3) is 0 Å². The minimum absolute atomic E-state index is 1.02. The molecule has 0 fully saturated rings. The Morgan fingerprint density at radius 3 is 2.83 bits per heavy atom. The van der Waals surface area contributed by atoms with E-state index in [2.05, 4.69) is 15.9 Å². The first-order valence-electron chi connectivity index (χ1n) is 3.55. The van der Waals surface area contributed by atoms with Gasteiger partial charge >= 0.3 is 0 Å². The predicted octanol–water partition coefficient (Wildman–Crippen LogP) is 2.13. The van der Waals surface area contributed by atoms with Gasteiger partial charge in [0.05, 0.1) is 5.39 Å². The molecule has 0 spiro atoms. The van der Waals surface area contributed by atoms with Crippen molar-refractivity contribution in [1.82, 2.24) is 0 Å². The van der Waals surface area contributed by atoms with Gasteiger partial charge in [-0.25, -0.2) is 0 Å². The number of nitrogens with zero attached hydrogens (tertiary/aromatic N) is 1. The summed E-state index contributed by atoms with van der Waals surface area (Å²) in [6, 6.07) is 7.77. The molecule has 3 heteroatoms. The van der Waals surface area contributed by atoms with Gasteiger partial charge < -0.3 is 0 Å². The molecule has 60 valence electrons. The second-order valence-electron chi connectivity index (χ2n) is 2.60. The molecule has 0 radical (unpaired) electrons. The van der Waals surface area contributed by atoms with Crippen LogP contribution in [0.15, 0.2) is 41.1 Å². The van der Waals surface area contributed by atoms with E-state index in [-0.39, 0.29) is 0 Å². The van der Waals surface area contributed by atoms with Crippen molar-refractivity contribution in [2.24, 2.45) is 0 Å².